The Kier molecular flexibility index (Phi) is 7.74. The number of hydrogen-bond acceptors (Lipinski definition) is 5. The molecule has 0 amide bonds. The molecule has 0 fully saturated rings. The lowest BCUT2D eigenvalue weighted by Gasteiger charge is -2.23. The summed E-state index contributed by atoms with van der Waals surface area (Å²) in [6.45, 7) is 5.49. The molecule has 1 heterocycles. The average Bonchev–Trinajstić information content (AvgIpc) is 2.67. The van der Waals surface area contributed by atoms with Gasteiger partial charge in [-0.3, -0.25) is 9.36 Å². The molecule has 10 heteroatoms. The highest BCUT2D eigenvalue weighted by atomic mass is 32.2. The molecule has 0 spiro atoms. The van der Waals surface area contributed by atoms with E-state index < -0.39 is 27.9 Å². The first-order valence-corrected chi connectivity index (χ1v) is 11.3. The summed E-state index contributed by atoms with van der Waals surface area (Å²) in [7, 11) is -1.42. The molecule has 0 aliphatic carbocycles. The second kappa shape index (κ2) is 9.71. The minimum Gasteiger partial charge on any atom is -0.480 e. The van der Waals surface area contributed by atoms with Gasteiger partial charge in [0, 0.05) is 25.7 Å². The van der Waals surface area contributed by atoms with Gasteiger partial charge in [-0.05, 0) is 24.0 Å². The van der Waals surface area contributed by atoms with Crippen LogP contribution in [0, 0.1) is 0 Å². The molecule has 1 unspecified atom stereocenters. The van der Waals surface area contributed by atoms with Crippen LogP contribution in [-0.4, -0.2) is 53.5 Å². The lowest BCUT2D eigenvalue weighted by molar-refractivity contribution is -0.139. The van der Waals surface area contributed by atoms with Crippen LogP contribution >= 0.6 is 0 Å². The highest BCUT2D eigenvalue weighted by Crippen LogP contribution is 2.24. The molecule has 2 aromatic rings. The fourth-order valence-electron chi connectivity index (χ4n) is 3.07. The summed E-state index contributed by atoms with van der Waals surface area (Å²) in [4.78, 5) is 28.5. The number of aromatic nitrogens is 2. The van der Waals surface area contributed by atoms with Crippen molar-refractivity contribution in [1.29, 1.82) is 0 Å². The quantitative estimate of drug-likeness (QED) is 0.592. The van der Waals surface area contributed by atoms with E-state index in [4.69, 9.17) is 0 Å². The molecule has 0 aliphatic rings. The van der Waals surface area contributed by atoms with Crippen LogP contribution in [0.3, 0.4) is 0 Å². The number of nitrogens with zero attached hydrogens (tertiary/aromatic N) is 3. The molecular weight excluding hydrogens is 420 g/mol. The summed E-state index contributed by atoms with van der Waals surface area (Å²) in [6, 6.07) is 8.34. The van der Waals surface area contributed by atoms with E-state index in [1.165, 1.54) is 14.1 Å². The topological polar surface area (TPSA) is 122 Å². The van der Waals surface area contributed by atoms with Crippen molar-refractivity contribution in [2.75, 3.05) is 14.1 Å². The maximum absolute atomic E-state index is 12.6. The number of carboxylic acids is 1. The number of hydrogen-bond donors (Lipinski definition) is 2. The van der Waals surface area contributed by atoms with Crippen molar-refractivity contribution in [3.05, 3.63) is 63.8 Å². The Morgan fingerprint density at radius 1 is 1.19 bits per heavy atom. The lowest BCUT2D eigenvalue weighted by atomic mass is 9.87. The first-order valence-electron chi connectivity index (χ1n) is 9.88. The van der Waals surface area contributed by atoms with Crippen LogP contribution in [0.1, 0.15) is 37.6 Å². The molecule has 2 rings (SSSR count). The third-order valence-corrected chi connectivity index (χ3v) is 6.30. The van der Waals surface area contributed by atoms with Crippen molar-refractivity contribution in [2.24, 2.45) is 0 Å². The fourth-order valence-corrected chi connectivity index (χ4v) is 3.82. The Balaban J connectivity index is 2.40. The van der Waals surface area contributed by atoms with Crippen molar-refractivity contribution < 1.29 is 18.3 Å². The molecule has 31 heavy (non-hydrogen) atoms. The van der Waals surface area contributed by atoms with Crippen molar-refractivity contribution in [3.8, 4) is 0 Å². The second-order valence-corrected chi connectivity index (χ2v) is 10.5. The summed E-state index contributed by atoms with van der Waals surface area (Å²) in [5, 5.41) is 9.49. The Labute approximate surface area is 182 Å². The maximum Gasteiger partial charge on any atom is 0.347 e. The Morgan fingerprint density at radius 3 is 2.32 bits per heavy atom. The van der Waals surface area contributed by atoms with E-state index in [1.807, 2.05) is 51.1 Å². The monoisotopic (exact) mass is 450 g/mol. The summed E-state index contributed by atoms with van der Waals surface area (Å²) in [5.41, 5.74) is 1.58. The van der Waals surface area contributed by atoms with Gasteiger partial charge in [-0.2, -0.15) is 22.4 Å². The van der Waals surface area contributed by atoms with Gasteiger partial charge in [-0.1, -0.05) is 51.1 Å². The minimum absolute atomic E-state index is 0.378. The smallest absolute Gasteiger partial charge is 0.347 e. The molecule has 1 aromatic carbocycles. The number of aryl methyl sites for hydroxylation is 2. The lowest BCUT2D eigenvalue weighted by Crippen LogP contribution is -2.49. The molecule has 0 saturated carbocycles. The van der Waals surface area contributed by atoms with Gasteiger partial charge in [0.1, 0.15) is 6.04 Å². The SMILES string of the molecule is CN(C)S(=O)(=O)NC(Cn1cc(CCc2ccccc2)c(C(C)(C)C)nc1=O)C(=O)O. The van der Waals surface area contributed by atoms with Crippen molar-refractivity contribution in [1.82, 2.24) is 18.6 Å². The number of nitrogens with one attached hydrogen (secondary N) is 1. The van der Waals surface area contributed by atoms with E-state index in [-0.39, 0.29) is 12.0 Å². The highest BCUT2D eigenvalue weighted by molar-refractivity contribution is 7.87. The van der Waals surface area contributed by atoms with Crippen LogP contribution in [0.5, 0.6) is 0 Å². The molecular formula is C21H30N4O5S. The fraction of sp³-hybridized carbons (Fsp3) is 0.476. The summed E-state index contributed by atoms with van der Waals surface area (Å²) >= 11 is 0. The van der Waals surface area contributed by atoms with E-state index >= 15 is 0 Å². The minimum atomic E-state index is -4.00. The molecule has 1 atom stereocenters. The van der Waals surface area contributed by atoms with Crippen LogP contribution in [-0.2, 0) is 39.8 Å². The summed E-state index contributed by atoms with van der Waals surface area (Å²) in [5.74, 6) is -1.39. The van der Waals surface area contributed by atoms with Crippen molar-refractivity contribution in [2.45, 2.75) is 51.6 Å². The number of benzene rings is 1. The van der Waals surface area contributed by atoms with Crippen LogP contribution < -0.4 is 10.4 Å². The zero-order chi connectivity index (χ0) is 23.4. The molecule has 0 aliphatic heterocycles. The molecule has 0 bridgehead atoms. The van der Waals surface area contributed by atoms with Gasteiger partial charge in [0.25, 0.3) is 10.2 Å². The number of rotatable bonds is 9. The van der Waals surface area contributed by atoms with Crippen LogP contribution in [0.2, 0.25) is 0 Å². The van der Waals surface area contributed by atoms with Crippen molar-refractivity contribution in [3.63, 3.8) is 0 Å². The number of carbonyl (C=O) groups is 1. The van der Waals surface area contributed by atoms with E-state index in [2.05, 4.69) is 9.71 Å². The first kappa shape index (κ1) is 24.7. The van der Waals surface area contributed by atoms with Crippen LogP contribution in [0.25, 0.3) is 0 Å². The molecule has 2 N–H and O–H groups in total. The maximum atomic E-state index is 12.6. The zero-order valence-corrected chi connectivity index (χ0v) is 19.3. The number of aliphatic carboxylic acids is 1. The van der Waals surface area contributed by atoms with Gasteiger partial charge in [0.05, 0.1) is 12.2 Å². The molecule has 0 saturated heterocycles. The largest absolute Gasteiger partial charge is 0.480 e. The van der Waals surface area contributed by atoms with E-state index in [0.29, 0.717) is 12.1 Å². The standard InChI is InChI=1S/C21H30N4O5S/c1-21(2,3)18-16(12-11-15-9-7-6-8-10-15)13-25(20(28)22-18)14-17(19(26)27)23-31(29,30)24(4)5/h6-10,13,17,23H,11-12,14H2,1-5H3,(H,26,27). The number of carboxylic acid groups (broad SMARTS) is 1. The summed E-state index contributed by atoms with van der Waals surface area (Å²) < 4.78 is 28.3. The van der Waals surface area contributed by atoms with Gasteiger partial charge in [0.2, 0.25) is 0 Å². The predicted molar refractivity (Wildman–Crippen MR) is 118 cm³/mol. The van der Waals surface area contributed by atoms with Gasteiger partial charge >= 0.3 is 11.7 Å². The summed E-state index contributed by atoms with van der Waals surface area (Å²) in [6.07, 6.45) is 2.92. The zero-order valence-electron chi connectivity index (χ0n) is 18.5. The van der Waals surface area contributed by atoms with Crippen molar-refractivity contribution >= 4 is 16.2 Å². The van der Waals surface area contributed by atoms with Gasteiger partial charge in [-0.25, -0.2) is 4.79 Å². The molecule has 9 nitrogen and oxygen atoms in total. The Bertz CT molecular complexity index is 1070. The molecule has 1 aromatic heterocycles. The molecule has 170 valence electrons. The first-order chi connectivity index (χ1) is 14.3. The van der Waals surface area contributed by atoms with E-state index in [1.54, 1.807) is 6.20 Å². The van der Waals surface area contributed by atoms with Gasteiger partial charge < -0.3 is 5.11 Å². The predicted octanol–water partition coefficient (Wildman–Crippen LogP) is 1.18. The van der Waals surface area contributed by atoms with Gasteiger partial charge in [-0.15, -0.1) is 0 Å². The Morgan fingerprint density at radius 2 is 1.81 bits per heavy atom. The third-order valence-electron chi connectivity index (χ3n) is 4.75. The normalized spacial score (nSPS) is 13.4. The van der Waals surface area contributed by atoms with Crippen LogP contribution in [0.4, 0.5) is 0 Å². The molecule has 0 radical (unpaired) electrons. The van der Waals surface area contributed by atoms with Crippen LogP contribution in [0.15, 0.2) is 41.3 Å². The third kappa shape index (κ3) is 6.71. The second-order valence-electron chi connectivity index (χ2n) is 8.58. The van der Waals surface area contributed by atoms with E-state index in [9.17, 15) is 23.1 Å². The van der Waals surface area contributed by atoms with Gasteiger partial charge in [0.15, 0.2) is 0 Å². The van der Waals surface area contributed by atoms with E-state index in [0.717, 1.165) is 26.4 Å². The Hall–Kier alpha value is -2.56. The average molecular weight is 451 g/mol. The highest BCUT2D eigenvalue weighted by Gasteiger charge is 2.28.